The number of carbonyl (C=O) groups excluding carboxylic acids is 1. The van der Waals surface area contributed by atoms with Crippen molar-refractivity contribution in [2.75, 3.05) is 47.5 Å². The number of unbranched alkanes of at least 4 members (excludes halogenated alkanes) is 19. The summed E-state index contributed by atoms with van der Waals surface area (Å²) in [5.74, 6) is -0.374. The fourth-order valence-corrected chi connectivity index (χ4v) is 7.04. The molecule has 55 heavy (non-hydrogen) atoms. The smallest absolute Gasteiger partial charge is 0.268 e. The van der Waals surface area contributed by atoms with Crippen LogP contribution in [0.3, 0.4) is 0 Å². The average molecular weight is 796 g/mol. The number of phosphoric ester groups is 1. The number of hydrogen-bond acceptors (Lipinski definition) is 7. The van der Waals surface area contributed by atoms with Crippen LogP contribution in [0.5, 0.6) is 0 Å². The Morgan fingerprint density at radius 1 is 0.618 bits per heavy atom. The summed E-state index contributed by atoms with van der Waals surface area (Å²) in [4.78, 5) is 26.1. The molecule has 0 bridgehead atoms. The Bertz CT molecular complexity index is 1040. The van der Waals surface area contributed by atoms with Crippen LogP contribution in [0.1, 0.15) is 181 Å². The second kappa shape index (κ2) is 38.2. The number of aliphatic hydroxyl groups excluding tert-OH is 1. The molecule has 0 aliphatic rings. The third kappa shape index (κ3) is 37.9. The Kier molecular flexibility index (Phi) is 37.2. The zero-order valence-electron chi connectivity index (χ0n) is 36.3. The number of nitrogens with zero attached hydrogens (tertiary/aromatic N) is 1. The number of allylic oxidation sites excluding steroid dienone is 8. The van der Waals surface area contributed by atoms with Gasteiger partial charge in [-0.25, -0.2) is 0 Å². The molecule has 0 saturated heterocycles. The lowest BCUT2D eigenvalue weighted by molar-refractivity contribution is -0.870. The minimum atomic E-state index is -4.80. The second-order valence-corrected chi connectivity index (χ2v) is 17.5. The first-order valence-corrected chi connectivity index (χ1v) is 23.8. The van der Waals surface area contributed by atoms with Gasteiger partial charge < -0.3 is 28.3 Å². The first-order chi connectivity index (χ1) is 26.6. The van der Waals surface area contributed by atoms with E-state index in [1.54, 1.807) is 0 Å². The molecule has 1 N–H and O–H groups in total. The van der Waals surface area contributed by atoms with Gasteiger partial charge in [0.2, 0.25) is 0 Å². The van der Waals surface area contributed by atoms with Crippen molar-refractivity contribution >= 4 is 13.6 Å². The van der Waals surface area contributed by atoms with Crippen LogP contribution in [0.25, 0.3) is 0 Å². The summed E-state index contributed by atoms with van der Waals surface area (Å²) in [6.07, 6.45) is 44.0. The van der Waals surface area contributed by atoms with E-state index in [-0.39, 0.29) is 25.4 Å². The molecule has 8 nitrogen and oxygen atoms in total. The number of quaternary nitrogens is 1. The molecule has 2 unspecified atom stereocenters. The van der Waals surface area contributed by atoms with Gasteiger partial charge in [-0.1, -0.05) is 165 Å². The van der Waals surface area contributed by atoms with Gasteiger partial charge >= 0.3 is 0 Å². The van der Waals surface area contributed by atoms with Crippen LogP contribution in [-0.4, -0.2) is 75.1 Å². The zero-order chi connectivity index (χ0) is 40.7. The van der Waals surface area contributed by atoms with Crippen molar-refractivity contribution < 1.29 is 37.6 Å². The van der Waals surface area contributed by atoms with Crippen molar-refractivity contribution in [1.82, 2.24) is 0 Å². The highest BCUT2D eigenvalue weighted by Gasteiger charge is 2.33. The quantitative estimate of drug-likeness (QED) is 0.0284. The summed E-state index contributed by atoms with van der Waals surface area (Å²) < 4.78 is 29.6. The van der Waals surface area contributed by atoms with Gasteiger partial charge in [0.05, 0.1) is 27.7 Å². The van der Waals surface area contributed by atoms with Crippen LogP contribution in [-0.2, 0) is 23.1 Å². The monoisotopic (exact) mass is 796 g/mol. The topological polar surface area (TPSA) is 105 Å². The molecule has 0 amide bonds. The number of phosphoric acid groups is 1. The van der Waals surface area contributed by atoms with E-state index in [0.29, 0.717) is 23.9 Å². The van der Waals surface area contributed by atoms with Gasteiger partial charge in [-0.05, 0) is 57.8 Å². The van der Waals surface area contributed by atoms with Crippen molar-refractivity contribution in [2.24, 2.45) is 0 Å². The third-order valence-corrected chi connectivity index (χ3v) is 10.7. The van der Waals surface area contributed by atoms with E-state index < -0.39 is 26.6 Å². The molecule has 9 heteroatoms. The standard InChI is InChI=1S/C46H86NO7P/c1-6-8-10-12-14-16-18-20-22-23-24-26-28-30-32-34-36-38-41-52-45(43-48)46(54-55(50,51)53-42-40-47(3,4)5)44(49)39-37-35-33-31-29-27-25-21-19-17-15-13-11-9-7-2/h14,16,20,22,24,26,30,32,45-46,48H,6-13,15,17-19,21,23,25,27-29,31,33-43H2,1-5H3/b16-14-,22-20-,26-24-,32-30-/t45-,46?/m0/s1. The predicted molar refractivity (Wildman–Crippen MR) is 231 cm³/mol. The van der Waals surface area contributed by atoms with Crippen molar-refractivity contribution in [3.63, 3.8) is 0 Å². The number of likely N-dealkylation sites (N-methyl/N-ethyl adjacent to an activating group) is 1. The number of ether oxygens (including phenoxy) is 1. The number of aliphatic hydroxyl groups is 1. The summed E-state index contributed by atoms with van der Waals surface area (Å²) in [5, 5.41) is 10.2. The molecule has 0 spiro atoms. The molecule has 0 aromatic heterocycles. The Morgan fingerprint density at radius 3 is 1.49 bits per heavy atom. The van der Waals surface area contributed by atoms with Crippen molar-refractivity contribution in [3.8, 4) is 0 Å². The maximum absolute atomic E-state index is 13.3. The molecule has 0 aromatic rings. The van der Waals surface area contributed by atoms with Crippen molar-refractivity contribution in [3.05, 3.63) is 48.6 Å². The van der Waals surface area contributed by atoms with Gasteiger partial charge in [0, 0.05) is 13.0 Å². The molecule has 0 rings (SSSR count). The zero-order valence-corrected chi connectivity index (χ0v) is 37.2. The Hall–Kier alpha value is -1.38. The second-order valence-electron chi connectivity index (χ2n) is 16.2. The van der Waals surface area contributed by atoms with Crippen LogP contribution in [0.2, 0.25) is 0 Å². The lowest BCUT2D eigenvalue weighted by Crippen LogP contribution is -2.42. The predicted octanol–water partition coefficient (Wildman–Crippen LogP) is 11.9. The first-order valence-electron chi connectivity index (χ1n) is 22.4. The minimum absolute atomic E-state index is 0.0631. The molecule has 0 radical (unpaired) electrons. The lowest BCUT2D eigenvalue weighted by atomic mass is 10.0. The number of ketones is 1. The van der Waals surface area contributed by atoms with Gasteiger partial charge in [0.15, 0.2) is 11.9 Å². The van der Waals surface area contributed by atoms with E-state index in [4.69, 9.17) is 13.8 Å². The summed E-state index contributed by atoms with van der Waals surface area (Å²) in [6, 6.07) is 0. The summed E-state index contributed by atoms with van der Waals surface area (Å²) in [7, 11) is 0.995. The highest BCUT2D eigenvalue weighted by molar-refractivity contribution is 7.45. The van der Waals surface area contributed by atoms with E-state index in [1.165, 1.54) is 96.3 Å². The molecule has 3 atom stereocenters. The van der Waals surface area contributed by atoms with Gasteiger partial charge in [-0.15, -0.1) is 0 Å². The number of Topliss-reactive ketones (excluding diaryl/α,β-unsaturated/α-hetero) is 1. The molecule has 322 valence electrons. The minimum Gasteiger partial charge on any atom is -0.756 e. The Morgan fingerprint density at radius 2 is 1.04 bits per heavy atom. The average Bonchev–Trinajstić information content (AvgIpc) is 3.14. The van der Waals surface area contributed by atoms with E-state index in [9.17, 15) is 19.4 Å². The van der Waals surface area contributed by atoms with E-state index in [2.05, 4.69) is 62.5 Å². The van der Waals surface area contributed by atoms with Gasteiger partial charge in [-0.3, -0.25) is 9.36 Å². The SMILES string of the molecule is CCCCC/C=C\C/C=C\C/C=C\C/C=C\CCCCO[C@@H](CO)C(OP(=O)([O-])OCC[N+](C)(C)C)C(=O)CCCCCCCCCCCCCCCCC. The first kappa shape index (κ1) is 53.6. The van der Waals surface area contributed by atoms with Crippen molar-refractivity contribution in [2.45, 2.75) is 193 Å². The molecule has 0 heterocycles. The van der Waals surface area contributed by atoms with Gasteiger partial charge in [-0.2, -0.15) is 0 Å². The molecule has 0 aromatic carbocycles. The van der Waals surface area contributed by atoms with Crippen LogP contribution >= 0.6 is 7.82 Å². The summed E-state index contributed by atoms with van der Waals surface area (Å²) in [6.45, 7) is 4.64. The molecular weight excluding hydrogens is 709 g/mol. The number of hydrogen-bond donors (Lipinski definition) is 1. The number of carbonyl (C=O) groups is 1. The van der Waals surface area contributed by atoms with Crippen LogP contribution < -0.4 is 4.89 Å². The molecule has 0 fully saturated rings. The third-order valence-electron chi connectivity index (χ3n) is 9.67. The van der Waals surface area contributed by atoms with Crippen LogP contribution in [0.4, 0.5) is 0 Å². The van der Waals surface area contributed by atoms with Crippen molar-refractivity contribution in [1.29, 1.82) is 0 Å². The Labute approximate surface area is 339 Å². The van der Waals surface area contributed by atoms with E-state index in [0.717, 1.165) is 51.4 Å². The summed E-state index contributed by atoms with van der Waals surface area (Å²) >= 11 is 0. The maximum Gasteiger partial charge on any atom is 0.268 e. The van der Waals surface area contributed by atoms with Crippen LogP contribution in [0.15, 0.2) is 48.6 Å². The molecule has 0 saturated carbocycles. The fraction of sp³-hybridized carbons (Fsp3) is 0.804. The highest BCUT2D eigenvalue weighted by Crippen LogP contribution is 2.41. The number of rotatable bonds is 41. The molecular formula is C46H86NO7P. The van der Waals surface area contributed by atoms with Crippen LogP contribution in [0, 0.1) is 0 Å². The largest absolute Gasteiger partial charge is 0.756 e. The Balaban J connectivity index is 4.57. The molecule has 0 aliphatic heterocycles. The normalized spacial score (nSPS) is 14.9. The van der Waals surface area contributed by atoms with E-state index >= 15 is 0 Å². The fourth-order valence-electron chi connectivity index (χ4n) is 6.14. The highest BCUT2D eigenvalue weighted by atomic mass is 31.2. The van der Waals surface area contributed by atoms with Gasteiger partial charge in [0.1, 0.15) is 19.3 Å². The van der Waals surface area contributed by atoms with E-state index in [1.807, 2.05) is 21.1 Å². The lowest BCUT2D eigenvalue weighted by Gasteiger charge is -2.32. The van der Waals surface area contributed by atoms with Gasteiger partial charge in [0.25, 0.3) is 7.82 Å². The maximum atomic E-state index is 13.3. The summed E-state index contributed by atoms with van der Waals surface area (Å²) in [5.41, 5.74) is 0. The molecule has 0 aliphatic carbocycles.